The van der Waals surface area contributed by atoms with E-state index in [-0.39, 0.29) is 17.9 Å². The third-order valence-electron chi connectivity index (χ3n) is 5.36. The molecule has 1 atom stereocenters. The molecule has 0 aromatic heterocycles. The monoisotopic (exact) mass is 512 g/mol. The van der Waals surface area contributed by atoms with Crippen LogP contribution in [-0.4, -0.2) is 30.6 Å². The van der Waals surface area contributed by atoms with Gasteiger partial charge in [-0.2, -0.15) is 4.31 Å². The van der Waals surface area contributed by atoms with Gasteiger partial charge in [0, 0.05) is 11.0 Å². The summed E-state index contributed by atoms with van der Waals surface area (Å²) in [5, 5.41) is 0. The van der Waals surface area contributed by atoms with Gasteiger partial charge in [-0.1, -0.05) is 64.0 Å². The number of anilines is 1. The first-order valence-electron chi connectivity index (χ1n) is 10.0. The Morgan fingerprint density at radius 3 is 2.19 bits per heavy atom. The second-order valence-electron chi connectivity index (χ2n) is 7.61. The second-order valence-corrected chi connectivity index (χ2v) is 10.4. The minimum atomic E-state index is -4.04. The highest BCUT2D eigenvalue weighted by molar-refractivity contribution is 9.10. The molecule has 1 heterocycles. The van der Waals surface area contributed by atoms with Crippen LogP contribution in [0, 0.1) is 6.92 Å². The molecule has 0 bridgehead atoms. The minimum absolute atomic E-state index is 0.0185. The number of hydrogen-bond donors (Lipinski definition) is 0. The number of carbonyl (C=O) groups excluding carboxylic acids is 2. The summed E-state index contributed by atoms with van der Waals surface area (Å²) in [5.74, 6) is -0.983. The van der Waals surface area contributed by atoms with Crippen molar-refractivity contribution < 1.29 is 18.0 Å². The first-order valence-corrected chi connectivity index (χ1v) is 12.3. The van der Waals surface area contributed by atoms with Crippen LogP contribution in [0.2, 0.25) is 0 Å². The van der Waals surface area contributed by atoms with Crippen molar-refractivity contribution in [3.05, 3.63) is 94.5 Å². The number of aryl methyl sites for hydroxylation is 1. The second kappa shape index (κ2) is 8.97. The van der Waals surface area contributed by atoms with E-state index in [1.165, 1.54) is 12.1 Å². The number of rotatable bonds is 6. The molecule has 0 saturated carbocycles. The van der Waals surface area contributed by atoms with Gasteiger partial charge in [0.15, 0.2) is 0 Å². The van der Waals surface area contributed by atoms with Crippen molar-refractivity contribution in [2.24, 2.45) is 0 Å². The van der Waals surface area contributed by atoms with Crippen LogP contribution >= 0.6 is 15.9 Å². The van der Waals surface area contributed by atoms with E-state index in [2.05, 4.69) is 15.9 Å². The maximum Gasteiger partial charge on any atom is 0.252 e. The number of nitrogens with zero attached hydrogens (tertiary/aromatic N) is 2. The normalized spacial score (nSPS) is 16.7. The van der Waals surface area contributed by atoms with Crippen LogP contribution in [0.4, 0.5) is 5.69 Å². The van der Waals surface area contributed by atoms with Crippen molar-refractivity contribution in [3.63, 3.8) is 0 Å². The zero-order valence-electron chi connectivity index (χ0n) is 17.3. The lowest BCUT2D eigenvalue weighted by molar-refractivity contribution is -0.122. The molecule has 0 aliphatic carbocycles. The lowest BCUT2D eigenvalue weighted by Gasteiger charge is -2.27. The maximum absolute atomic E-state index is 13.6. The summed E-state index contributed by atoms with van der Waals surface area (Å²) in [7, 11) is -4.04. The van der Waals surface area contributed by atoms with Crippen LogP contribution in [-0.2, 0) is 26.2 Å². The van der Waals surface area contributed by atoms with Gasteiger partial charge in [0.05, 0.1) is 17.0 Å². The smallest absolute Gasteiger partial charge is 0.252 e. The Kier molecular flexibility index (Phi) is 6.28. The lowest BCUT2D eigenvalue weighted by Crippen LogP contribution is -2.45. The molecular formula is C24H21BrN2O4S. The molecule has 1 fully saturated rings. The molecule has 0 radical (unpaired) electrons. The molecule has 2 amide bonds. The van der Waals surface area contributed by atoms with Crippen LogP contribution in [0.1, 0.15) is 17.5 Å². The lowest BCUT2D eigenvalue weighted by atomic mass is 10.1. The van der Waals surface area contributed by atoms with E-state index in [1.807, 2.05) is 31.2 Å². The maximum atomic E-state index is 13.6. The molecule has 1 aliphatic rings. The summed E-state index contributed by atoms with van der Waals surface area (Å²) in [4.78, 5) is 27.3. The molecule has 1 aliphatic heterocycles. The fraction of sp³-hybridized carbons (Fsp3) is 0.167. The summed E-state index contributed by atoms with van der Waals surface area (Å²) in [5.41, 5.74) is 2.19. The Balaban J connectivity index is 1.74. The molecule has 1 unspecified atom stereocenters. The Hall–Kier alpha value is -2.81. The highest BCUT2D eigenvalue weighted by atomic mass is 79.9. The van der Waals surface area contributed by atoms with Gasteiger partial charge in [0.25, 0.3) is 5.91 Å². The van der Waals surface area contributed by atoms with Crippen molar-refractivity contribution in [2.75, 3.05) is 4.90 Å². The van der Waals surface area contributed by atoms with Crippen molar-refractivity contribution >= 4 is 43.5 Å². The fourth-order valence-electron chi connectivity index (χ4n) is 3.67. The van der Waals surface area contributed by atoms with E-state index in [4.69, 9.17) is 0 Å². The molecule has 32 heavy (non-hydrogen) atoms. The van der Waals surface area contributed by atoms with Crippen LogP contribution in [0.15, 0.2) is 88.2 Å². The third-order valence-corrected chi connectivity index (χ3v) is 7.76. The Labute approximate surface area is 195 Å². The van der Waals surface area contributed by atoms with Gasteiger partial charge in [-0.25, -0.2) is 13.3 Å². The van der Waals surface area contributed by atoms with Crippen molar-refractivity contribution in [3.8, 4) is 0 Å². The van der Waals surface area contributed by atoms with Crippen LogP contribution in [0.25, 0.3) is 0 Å². The SMILES string of the molecule is Cc1ccc(CN(C2CC(=O)N(c3ccc(Br)cc3)C2=O)S(=O)(=O)c2ccccc2)cc1. The summed E-state index contributed by atoms with van der Waals surface area (Å²) in [6.07, 6.45) is -0.215. The van der Waals surface area contributed by atoms with Crippen molar-refractivity contribution in [2.45, 2.75) is 30.8 Å². The molecular weight excluding hydrogens is 492 g/mol. The number of amides is 2. The summed E-state index contributed by atoms with van der Waals surface area (Å²) >= 11 is 3.34. The first kappa shape index (κ1) is 22.4. The highest BCUT2D eigenvalue weighted by Gasteiger charge is 2.46. The Bertz CT molecular complexity index is 1240. The Morgan fingerprint density at radius 2 is 1.56 bits per heavy atom. The quantitative estimate of drug-likeness (QED) is 0.462. The van der Waals surface area contributed by atoms with E-state index in [1.54, 1.807) is 42.5 Å². The van der Waals surface area contributed by atoms with Gasteiger partial charge in [-0.3, -0.25) is 9.59 Å². The van der Waals surface area contributed by atoms with Gasteiger partial charge in [-0.15, -0.1) is 0 Å². The van der Waals surface area contributed by atoms with E-state index >= 15 is 0 Å². The van der Waals surface area contributed by atoms with Crippen LogP contribution < -0.4 is 4.90 Å². The fourth-order valence-corrected chi connectivity index (χ4v) is 5.52. The molecule has 3 aromatic rings. The van der Waals surface area contributed by atoms with Gasteiger partial charge in [-0.05, 0) is 48.9 Å². The van der Waals surface area contributed by atoms with Gasteiger partial charge < -0.3 is 0 Å². The molecule has 3 aromatic carbocycles. The number of imide groups is 1. The van der Waals surface area contributed by atoms with E-state index in [0.29, 0.717) is 5.69 Å². The summed E-state index contributed by atoms with van der Waals surface area (Å²) < 4.78 is 29.1. The van der Waals surface area contributed by atoms with Crippen LogP contribution in [0.3, 0.4) is 0 Å². The standard InChI is InChI=1S/C24H21BrN2O4S/c1-17-7-9-18(10-8-17)16-26(32(30,31)21-5-3-2-4-6-21)22-15-23(28)27(24(22)29)20-13-11-19(25)12-14-20/h2-14,22H,15-16H2,1H3. The average molecular weight is 513 g/mol. The third kappa shape index (κ3) is 4.39. The summed E-state index contributed by atoms with van der Waals surface area (Å²) in [6, 6.07) is 21.0. The van der Waals surface area contributed by atoms with Gasteiger partial charge in [0.1, 0.15) is 6.04 Å². The molecule has 8 heteroatoms. The number of hydrogen-bond acceptors (Lipinski definition) is 4. The molecule has 6 nitrogen and oxygen atoms in total. The number of carbonyl (C=O) groups is 2. The Morgan fingerprint density at radius 1 is 0.938 bits per heavy atom. The minimum Gasteiger partial charge on any atom is -0.274 e. The molecule has 0 spiro atoms. The molecule has 4 rings (SSSR count). The molecule has 1 saturated heterocycles. The van der Waals surface area contributed by atoms with E-state index < -0.39 is 27.9 Å². The molecule has 164 valence electrons. The van der Waals surface area contributed by atoms with Gasteiger partial charge in [0.2, 0.25) is 15.9 Å². The summed E-state index contributed by atoms with van der Waals surface area (Å²) in [6.45, 7) is 1.92. The molecule has 0 N–H and O–H groups in total. The van der Waals surface area contributed by atoms with E-state index in [9.17, 15) is 18.0 Å². The predicted octanol–water partition coefficient (Wildman–Crippen LogP) is 4.28. The van der Waals surface area contributed by atoms with Crippen molar-refractivity contribution in [1.29, 1.82) is 0 Å². The van der Waals surface area contributed by atoms with Crippen molar-refractivity contribution in [1.82, 2.24) is 4.31 Å². The number of sulfonamides is 1. The average Bonchev–Trinajstić information content (AvgIpc) is 3.08. The van der Waals surface area contributed by atoms with Crippen LogP contribution in [0.5, 0.6) is 0 Å². The first-order chi connectivity index (χ1) is 15.3. The zero-order chi connectivity index (χ0) is 22.9. The largest absolute Gasteiger partial charge is 0.274 e. The topological polar surface area (TPSA) is 74.8 Å². The number of benzene rings is 3. The predicted molar refractivity (Wildman–Crippen MR) is 125 cm³/mol. The van der Waals surface area contributed by atoms with E-state index in [0.717, 1.165) is 24.8 Å². The zero-order valence-corrected chi connectivity index (χ0v) is 19.7. The number of halogens is 1. The van der Waals surface area contributed by atoms with Gasteiger partial charge >= 0.3 is 0 Å². The highest BCUT2D eigenvalue weighted by Crippen LogP contribution is 2.31.